The second-order valence-corrected chi connectivity index (χ2v) is 5.71. The molecule has 100 valence electrons. The maximum Gasteiger partial charge on any atom is 0.120 e. The first-order valence-corrected chi connectivity index (χ1v) is 6.67. The Balaban J connectivity index is 1.89. The summed E-state index contributed by atoms with van der Waals surface area (Å²) in [6.45, 7) is 5.24. The summed E-state index contributed by atoms with van der Waals surface area (Å²) < 4.78 is 11.6. The molecule has 0 amide bonds. The molecule has 3 nitrogen and oxygen atoms in total. The molecule has 0 aliphatic carbocycles. The van der Waals surface area contributed by atoms with E-state index >= 15 is 0 Å². The van der Waals surface area contributed by atoms with Gasteiger partial charge in [-0.1, -0.05) is 17.7 Å². The largest absolute Gasteiger partial charge is 0.491 e. The van der Waals surface area contributed by atoms with Gasteiger partial charge in [-0.25, -0.2) is 0 Å². The molecule has 1 saturated heterocycles. The second kappa shape index (κ2) is 5.47. The normalized spacial score (nSPS) is 22.1. The molecule has 1 aliphatic heterocycles. The third-order valence-corrected chi connectivity index (χ3v) is 3.59. The second-order valence-electron chi connectivity index (χ2n) is 5.31. The number of halogens is 1. The fourth-order valence-electron chi connectivity index (χ4n) is 2.17. The minimum atomic E-state index is -0.0188. The van der Waals surface area contributed by atoms with Crippen molar-refractivity contribution in [2.24, 2.45) is 5.73 Å². The van der Waals surface area contributed by atoms with Crippen molar-refractivity contribution in [1.29, 1.82) is 0 Å². The van der Waals surface area contributed by atoms with Gasteiger partial charge in [0.15, 0.2) is 0 Å². The molecule has 1 unspecified atom stereocenters. The Labute approximate surface area is 113 Å². The Hall–Kier alpha value is -0.770. The van der Waals surface area contributed by atoms with Gasteiger partial charge in [0.05, 0.1) is 11.7 Å². The van der Waals surface area contributed by atoms with Crippen LogP contribution in [0.25, 0.3) is 0 Å². The van der Waals surface area contributed by atoms with E-state index in [0.29, 0.717) is 18.2 Å². The van der Waals surface area contributed by atoms with Gasteiger partial charge < -0.3 is 15.2 Å². The van der Waals surface area contributed by atoms with E-state index in [9.17, 15) is 0 Å². The molecular weight excluding hydrogens is 250 g/mol. The summed E-state index contributed by atoms with van der Waals surface area (Å²) in [4.78, 5) is 0. The van der Waals surface area contributed by atoms with Gasteiger partial charge in [-0.05, 0) is 44.4 Å². The van der Waals surface area contributed by atoms with Crippen LogP contribution in [0.4, 0.5) is 0 Å². The number of nitrogens with two attached hydrogens (primary N) is 1. The van der Waals surface area contributed by atoms with Crippen LogP contribution in [-0.2, 0) is 11.3 Å². The molecule has 2 rings (SSSR count). The highest BCUT2D eigenvalue weighted by molar-refractivity contribution is 6.31. The summed E-state index contributed by atoms with van der Waals surface area (Å²) in [5.41, 5.74) is 6.47. The zero-order chi connectivity index (χ0) is 13.2. The van der Waals surface area contributed by atoms with Crippen LogP contribution >= 0.6 is 11.6 Å². The fraction of sp³-hybridized carbons (Fsp3) is 0.571. The van der Waals surface area contributed by atoms with E-state index < -0.39 is 0 Å². The Kier molecular flexibility index (Phi) is 4.15. The molecular formula is C14H20ClNO2. The Morgan fingerprint density at radius 2 is 2.28 bits per heavy atom. The third kappa shape index (κ3) is 3.37. The summed E-state index contributed by atoms with van der Waals surface area (Å²) in [7, 11) is 0. The van der Waals surface area contributed by atoms with E-state index in [0.717, 1.165) is 24.2 Å². The highest BCUT2D eigenvalue weighted by Gasteiger charge is 2.31. The van der Waals surface area contributed by atoms with Crippen LogP contribution < -0.4 is 10.5 Å². The standard InChI is InChI=1S/C14H20ClNO2/c1-14(2)6-5-12(18-14)9-17-11-4-3-10(8-16)13(15)7-11/h3-4,7,12H,5-6,8-9,16H2,1-2H3. The predicted molar refractivity (Wildman–Crippen MR) is 73.0 cm³/mol. The molecule has 2 N–H and O–H groups in total. The summed E-state index contributed by atoms with van der Waals surface area (Å²) in [5, 5.41) is 0.655. The Morgan fingerprint density at radius 1 is 1.50 bits per heavy atom. The SMILES string of the molecule is CC1(C)CCC(COc2ccc(CN)c(Cl)c2)O1. The molecule has 18 heavy (non-hydrogen) atoms. The number of benzene rings is 1. The number of rotatable bonds is 4. The highest BCUT2D eigenvalue weighted by atomic mass is 35.5. The third-order valence-electron chi connectivity index (χ3n) is 3.23. The van der Waals surface area contributed by atoms with Crippen LogP contribution in [0.3, 0.4) is 0 Å². The monoisotopic (exact) mass is 269 g/mol. The summed E-state index contributed by atoms with van der Waals surface area (Å²) in [5.74, 6) is 0.769. The molecule has 1 aromatic carbocycles. The van der Waals surface area contributed by atoms with Gasteiger partial charge >= 0.3 is 0 Å². The van der Waals surface area contributed by atoms with Crippen molar-refractivity contribution < 1.29 is 9.47 Å². The van der Waals surface area contributed by atoms with Crippen LogP contribution in [0.1, 0.15) is 32.3 Å². The molecule has 0 aromatic heterocycles. The van der Waals surface area contributed by atoms with Crippen molar-refractivity contribution in [2.75, 3.05) is 6.61 Å². The smallest absolute Gasteiger partial charge is 0.120 e. The molecule has 0 radical (unpaired) electrons. The highest BCUT2D eigenvalue weighted by Crippen LogP contribution is 2.30. The molecule has 1 heterocycles. The van der Waals surface area contributed by atoms with Crippen molar-refractivity contribution in [3.8, 4) is 5.75 Å². The van der Waals surface area contributed by atoms with E-state index in [-0.39, 0.29) is 11.7 Å². The van der Waals surface area contributed by atoms with E-state index in [2.05, 4.69) is 13.8 Å². The zero-order valence-electron chi connectivity index (χ0n) is 10.9. The van der Waals surface area contributed by atoms with E-state index in [1.165, 1.54) is 0 Å². The minimum absolute atomic E-state index is 0.0188. The van der Waals surface area contributed by atoms with E-state index in [4.69, 9.17) is 26.8 Å². The molecule has 0 bridgehead atoms. The van der Waals surface area contributed by atoms with Gasteiger partial charge in [-0.3, -0.25) is 0 Å². The molecule has 1 atom stereocenters. The summed E-state index contributed by atoms with van der Waals surface area (Å²) >= 11 is 6.08. The molecule has 1 aromatic rings. The quantitative estimate of drug-likeness (QED) is 0.913. The van der Waals surface area contributed by atoms with Crippen molar-refractivity contribution in [1.82, 2.24) is 0 Å². The average Bonchev–Trinajstić information content (AvgIpc) is 2.66. The average molecular weight is 270 g/mol. The molecule has 0 spiro atoms. The fourth-order valence-corrected chi connectivity index (χ4v) is 2.42. The molecule has 0 saturated carbocycles. The van der Waals surface area contributed by atoms with Gasteiger partial charge in [0, 0.05) is 11.6 Å². The Morgan fingerprint density at radius 3 is 2.83 bits per heavy atom. The molecule has 4 heteroatoms. The van der Waals surface area contributed by atoms with Gasteiger partial charge in [0.1, 0.15) is 12.4 Å². The lowest BCUT2D eigenvalue weighted by molar-refractivity contribution is -0.0326. The number of hydrogen-bond acceptors (Lipinski definition) is 3. The minimum Gasteiger partial charge on any atom is -0.491 e. The maximum atomic E-state index is 6.08. The van der Waals surface area contributed by atoms with Crippen molar-refractivity contribution in [3.05, 3.63) is 28.8 Å². The van der Waals surface area contributed by atoms with Crippen LogP contribution in [-0.4, -0.2) is 18.3 Å². The topological polar surface area (TPSA) is 44.5 Å². The van der Waals surface area contributed by atoms with Crippen molar-refractivity contribution in [3.63, 3.8) is 0 Å². The van der Waals surface area contributed by atoms with Crippen molar-refractivity contribution in [2.45, 2.75) is 44.9 Å². The number of hydrogen-bond donors (Lipinski definition) is 1. The lowest BCUT2D eigenvalue weighted by Crippen LogP contribution is -2.23. The first-order chi connectivity index (χ1) is 8.50. The van der Waals surface area contributed by atoms with Gasteiger partial charge in [-0.2, -0.15) is 0 Å². The molecule has 1 aliphatic rings. The van der Waals surface area contributed by atoms with Crippen LogP contribution in [0.15, 0.2) is 18.2 Å². The van der Waals surface area contributed by atoms with Gasteiger partial charge in [0.2, 0.25) is 0 Å². The van der Waals surface area contributed by atoms with Crippen LogP contribution in [0.5, 0.6) is 5.75 Å². The van der Waals surface area contributed by atoms with E-state index in [1.54, 1.807) is 0 Å². The van der Waals surface area contributed by atoms with Gasteiger partial charge in [0.25, 0.3) is 0 Å². The first kappa shape index (κ1) is 13.7. The lowest BCUT2D eigenvalue weighted by atomic mass is 10.1. The Bertz CT molecular complexity index is 420. The van der Waals surface area contributed by atoms with Crippen molar-refractivity contribution >= 4 is 11.6 Å². The zero-order valence-corrected chi connectivity index (χ0v) is 11.7. The summed E-state index contributed by atoms with van der Waals surface area (Å²) in [6, 6.07) is 5.61. The van der Waals surface area contributed by atoms with Crippen LogP contribution in [0, 0.1) is 0 Å². The predicted octanol–water partition coefficient (Wildman–Crippen LogP) is 3.14. The van der Waals surface area contributed by atoms with Crippen LogP contribution in [0.2, 0.25) is 5.02 Å². The first-order valence-electron chi connectivity index (χ1n) is 6.29. The lowest BCUT2D eigenvalue weighted by Gasteiger charge is -2.19. The van der Waals surface area contributed by atoms with E-state index in [1.807, 2.05) is 18.2 Å². The molecule has 1 fully saturated rings. The summed E-state index contributed by atoms with van der Waals surface area (Å²) in [6.07, 6.45) is 2.29. The number of ether oxygens (including phenoxy) is 2. The van der Waals surface area contributed by atoms with Gasteiger partial charge in [-0.15, -0.1) is 0 Å². The maximum absolute atomic E-state index is 6.08.